The molecule has 176 valence electrons. The van der Waals surface area contributed by atoms with Crippen molar-refractivity contribution in [1.82, 2.24) is 28.9 Å². The molecule has 9 nitrogen and oxygen atoms in total. The van der Waals surface area contributed by atoms with E-state index < -0.39 is 5.60 Å². The summed E-state index contributed by atoms with van der Waals surface area (Å²) in [6, 6.07) is 3.42. The van der Waals surface area contributed by atoms with E-state index in [-0.39, 0.29) is 11.7 Å². The van der Waals surface area contributed by atoms with Crippen molar-refractivity contribution in [2.75, 3.05) is 13.1 Å². The van der Waals surface area contributed by atoms with Crippen molar-refractivity contribution in [2.45, 2.75) is 46.6 Å². The molecule has 1 aliphatic heterocycles. The summed E-state index contributed by atoms with van der Waals surface area (Å²) in [6.07, 6.45) is 6.08. The lowest BCUT2D eigenvalue weighted by Crippen LogP contribution is -2.39. The van der Waals surface area contributed by atoms with Gasteiger partial charge in [0.2, 0.25) is 0 Å². The first-order valence-electron chi connectivity index (χ1n) is 11.1. The zero-order chi connectivity index (χ0) is 24.2. The van der Waals surface area contributed by atoms with Gasteiger partial charge in [0.25, 0.3) is 5.56 Å². The van der Waals surface area contributed by atoms with Crippen LogP contribution in [0.3, 0.4) is 0 Å². The van der Waals surface area contributed by atoms with Crippen molar-refractivity contribution in [3.63, 3.8) is 0 Å². The maximum Gasteiger partial charge on any atom is 0.410 e. The van der Waals surface area contributed by atoms with Crippen LogP contribution in [-0.2, 0) is 4.74 Å². The fourth-order valence-electron chi connectivity index (χ4n) is 3.94. The second kappa shape index (κ2) is 8.05. The zero-order valence-corrected chi connectivity index (χ0v) is 20.6. The largest absolute Gasteiger partial charge is 0.444 e. The molecular weight excluding hydrogens is 452 g/mol. The number of thiazole rings is 1. The van der Waals surface area contributed by atoms with Crippen molar-refractivity contribution < 1.29 is 9.53 Å². The second-order valence-corrected chi connectivity index (χ2v) is 10.5. The number of aryl methyl sites for hydroxylation is 2. The van der Waals surface area contributed by atoms with E-state index in [4.69, 9.17) is 9.72 Å². The predicted molar refractivity (Wildman–Crippen MR) is 131 cm³/mol. The molecule has 0 atom stereocenters. The lowest BCUT2D eigenvalue weighted by atomic mass is 10.1. The summed E-state index contributed by atoms with van der Waals surface area (Å²) >= 11 is 1.46. The van der Waals surface area contributed by atoms with Crippen molar-refractivity contribution in [3.05, 3.63) is 57.1 Å². The van der Waals surface area contributed by atoms with Gasteiger partial charge in [0, 0.05) is 25.4 Å². The number of rotatable bonds is 2. The number of carbonyl (C=O) groups excluding carboxylic acids is 1. The summed E-state index contributed by atoms with van der Waals surface area (Å²) in [5.41, 5.74) is 4.22. The van der Waals surface area contributed by atoms with Crippen LogP contribution in [0.25, 0.3) is 27.6 Å². The molecule has 5 heterocycles. The molecular formula is C24H26N6O3S. The highest BCUT2D eigenvalue weighted by atomic mass is 32.1. The van der Waals surface area contributed by atoms with E-state index in [0.717, 1.165) is 27.4 Å². The van der Waals surface area contributed by atoms with Gasteiger partial charge in [-0.15, -0.1) is 0 Å². The first-order valence-corrected chi connectivity index (χ1v) is 11.9. The van der Waals surface area contributed by atoms with Crippen LogP contribution < -0.4 is 5.56 Å². The minimum Gasteiger partial charge on any atom is -0.444 e. The number of hydrogen-bond donors (Lipinski definition) is 0. The normalized spacial score (nSPS) is 14.6. The smallest absolute Gasteiger partial charge is 0.410 e. The van der Waals surface area contributed by atoms with Gasteiger partial charge in [-0.1, -0.05) is 17.4 Å². The quantitative estimate of drug-likeness (QED) is 0.430. The van der Waals surface area contributed by atoms with Crippen LogP contribution in [-0.4, -0.2) is 53.7 Å². The predicted octanol–water partition coefficient (Wildman–Crippen LogP) is 4.11. The van der Waals surface area contributed by atoms with Gasteiger partial charge in [0.05, 0.1) is 22.5 Å². The molecule has 0 bridgehead atoms. The lowest BCUT2D eigenvalue weighted by molar-refractivity contribution is 0.0270. The fourth-order valence-corrected chi connectivity index (χ4v) is 4.99. The average Bonchev–Trinajstić information content (AvgIpc) is 3.36. The number of nitrogens with zero attached hydrogens (tertiary/aromatic N) is 6. The van der Waals surface area contributed by atoms with Crippen molar-refractivity contribution in [3.8, 4) is 11.4 Å². The zero-order valence-electron chi connectivity index (χ0n) is 19.8. The molecule has 5 rings (SSSR count). The average molecular weight is 479 g/mol. The Morgan fingerprint density at radius 2 is 1.91 bits per heavy atom. The molecule has 0 saturated heterocycles. The first-order chi connectivity index (χ1) is 16.1. The minimum atomic E-state index is -0.522. The maximum atomic E-state index is 12.9. The third-order valence-corrected chi connectivity index (χ3v) is 6.60. The minimum absolute atomic E-state index is 0.157. The van der Waals surface area contributed by atoms with Gasteiger partial charge < -0.3 is 9.64 Å². The number of amides is 1. The summed E-state index contributed by atoms with van der Waals surface area (Å²) in [7, 11) is 0. The highest BCUT2D eigenvalue weighted by molar-refractivity contribution is 7.18. The van der Waals surface area contributed by atoms with Gasteiger partial charge in [-0.2, -0.15) is 5.10 Å². The molecule has 1 amide bonds. The summed E-state index contributed by atoms with van der Waals surface area (Å²) < 4.78 is 8.76. The first kappa shape index (κ1) is 22.3. The van der Waals surface area contributed by atoms with Gasteiger partial charge in [0.15, 0.2) is 10.6 Å². The molecule has 0 aliphatic carbocycles. The van der Waals surface area contributed by atoms with Crippen LogP contribution in [0.4, 0.5) is 4.79 Å². The number of fused-ring (bicyclic) bond motifs is 2. The third kappa shape index (κ3) is 4.21. The Balaban J connectivity index is 1.44. The van der Waals surface area contributed by atoms with Gasteiger partial charge in [-0.25, -0.2) is 19.3 Å². The second-order valence-electron chi connectivity index (χ2n) is 9.50. The van der Waals surface area contributed by atoms with Crippen LogP contribution in [0.2, 0.25) is 0 Å². The number of hydrogen-bond acceptors (Lipinski definition) is 7. The molecule has 0 saturated carbocycles. The van der Waals surface area contributed by atoms with Crippen molar-refractivity contribution in [2.24, 2.45) is 0 Å². The molecule has 1 aliphatic rings. The Morgan fingerprint density at radius 1 is 1.12 bits per heavy atom. The monoisotopic (exact) mass is 478 g/mol. The summed E-state index contributed by atoms with van der Waals surface area (Å²) in [6.45, 7) is 10.5. The van der Waals surface area contributed by atoms with Gasteiger partial charge in [-0.3, -0.25) is 9.20 Å². The van der Waals surface area contributed by atoms with Gasteiger partial charge in [0.1, 0.15) is 11.3 Å². The molecule has 4 aromatic rings. The SMILES string of the molecule is Cc1cn2nc(-c3cc(=O)n4cc(C5=CCN(C(=O)OC(C)(C)C)CC5)sc4n3)cc(C)c2n1. The van der Waals surface area contributed by atoms with E-state index >= 15 is 0 Å². The van der Waals surface area contributed by atoms with E-state index in [0.29, 0.717) is 35.9 Å². The van der Waals surface area contributed by atoms with Gasteiger partial charge >= 0.3 is 6.09 Å². The number of carbonyl (C=O) groups is 1. The van der Waals surface area contributed by atoms with E-state index in [1.54, 1.807) is 13.8 Å². The highest BCUT2D eigenvalue weighted by Crippen LogP contribution is 2.29. The lowest BCUT2D eigenvalue weighted by Gasteiger charge is -2.29. The Morgan fingerprint density at radius 3 is 2.62 bits per heavy atom. The Hall–Kier alpha value is -3.53. The van der Waals surface area contributed by atoms with Crippen LogP contribution in [0.5, 0.6) is 0 Å². The molecule has 34 heavy (non-hydrogen) atoms. The van der Waals surface area contributed by atoms with Crippen LogP contribution in [0, 0.1) is 13.8 Å². The highest BCUT2D eigenvalue weighted by Gasteiger charge is 2.24. The number of imidazole rings is 1. The molecule has 0 spiro atoms. The van der Waals surface area contributed by atoms with E-state index in [9.17, 15) is 9.59 Å². The number of aromatic nitrogens is 5. The fraction of sp³-hybridized carbons (Fsp3) is 0.375. The summed E-state index contributed by atoms with van der Waals surface area (Å²) in [5, 5.41) is 4.61. The van der Waals surface area contributed by atoms with E-state index in [2.05, 4.69) is 10.1 Å². The molecule has 0 unspecified atom stereocenters. The molecule has 0 aromatic carbocycles. The number of ether oxygens (including phenoxy) is 1. The van der Waals surface area contributed by atoms with E-state index in [1.807, 2.05) is 59.2 Å². The topological polar surface area (TPSA) is 94.1 Å². The molecule has 4 aromatic heterocycles. The molecule has 0 radical (unpaired) electrons. The Labute approximate surface area is 200 Å². The van der Waals surface area contributed by atoms with Gasteiger partial charge in [-0.05, 0) is 58.2 Å². The molecule has 0 N–H and O–H groups in total. The molecule has 10 heteroatoms. The Kier molecular flexibility index (Phi) is 5.27. The van der Waals surface area contributed by atoms with Crippen LogP contribution >= 0.6 is 11.3 Å². The summed E-state index contributed by atoms with van der Waals surface area (Å²) in [4.78, 5) is 37.7. The molecule has 0 fully saturated rings. The maximum absolute atomic E-state index is 12.9. The van der Waals surface area contributed by atoms with Crippen molar-refractivity contribution >= 4 is 33.6 Å². The Bertz CT molecular complexity index is 1520. The van der Waals surface area contributed by atoms with E-state index in [1.165, 1.54) is 17.4 Å². The summed E-state index contributed by atoms with van der Waals surface area (Å²) in [5.74, 6) is 0. The van der Waals surface area contributed by atoms with Crippen LogP contribution in [0.15, 0.2) is 35.4 Å². The standard InChI is InChI=1S/C24H26N6O3S/c1-14-10-18(27-30-12-15(2)25-21(14)30)17-11-20(31)29-13-19(34-22(29)26-17)16-6-8-28(9-7-16)23(32)33-24(3,4)5/h6,10-13H,7-9H2,1-5H3. The van der Waals surface area contributed by atoms with Crippen molar-refractivity contribution in [1.29, 1.82) is 0 Å². The third-order valence-electron chi connectivity index (χ3n) is 5.54. The van der Waals surface area contributed by atoms with Crippen LogP contribution in [0.1, 0.15) is 43.3 Å².